The first-order valence-corrected chi connectivity index (χ1v) is 6.74. The minimum absolute atomic E-state index is 0.0357. The summed E-state index contributed by atoms with van der Waals surface area (Å²) >= 11 is 5.04. The Kier molecular flexibility index (Phi) is 4.04. The van der Waals surface area contributed by atoms with Crippen molar-refractivity contribution in [2.24, 2.45) is 5.92 Å². The minimum atomic E-state index is -0.492. The predicted molar refractivity (Wildman–Crippen MR) is 78.7 cm³/mol. The molecule has 5 nitrogen and oxygen atoms in total. The number of carbonyl (C=O) groups excluding carboxylic acids is 2. The smallest absolute Gasteiger partial charge is 0.265 e. The summed E-state index contributed by atoms with van der Waals surface area (Å²) in [6.07, 6.45) is 1.44. The second-order valence-corrected chi connectivity index (χ2v) is 5.46. The second kappa shape index (κ2) is 5.58. The number of nitrogens with zero attached hydrogens (tertiary/aromatic N) is 1. The Morgan fingerprint density at radius 1 is 1.40 bits per heavy atom. The number of amides is 2. The van der Waals surface area contributed by atoms with Crippen LogP contribution in [0.2, 0.25) is 0 Å². The van der Waals surface area contributed by atoms with E-state index in [9.17, 15) is 9.59 Å². The molecule has 1 aliphatic heterocycles. The molecule has 1 saturated heterocycles. The van der Waals surface area contributed by atoms with E-state index in [0.29, 0.717) is 12.3 Å². The highest BCUT2D eigenvalue weighted by molar-refractivity contribution is 7.80. The lowest BCUT2D eigenvalue weighted by Gasteiger charge is -2.29. The summed E-state index contributed by atoms with van der Waals surface area (Å²) in [4.78, 5) is 25.7. The fourth-order valence-corrected chi connectivity index (χ4v) is 2.15. The summed E-state index contributed by atoms with van der Waals surface area (Å²) in [5, 5.41) is 2.68. The molecule has 0 atom stereocenters. The zero-order valence-electron chi connectivity index (χ0n) is 11.6. The molecule has 0 aliphatic carbocycles. The van der Waals surface area contributed by atoms with Gasteiger partial charge in [0.2, 0.25) is 0 Å². The maximum atomic E-state index is 12.4. The number of rotatable bonds is 3. The third-order valence-corrected chi connectivity index (χ3v) is 3.10. The van der Waals surface area contributed by atoms with Gasteiger partial charge in [-0.15, -0.1) is 0 Å². The molecule has 2 amide bonds. The molecule has 20 heavy (non-hydrogen) atoms. The van der Waals surface area contributed by atoms with Crippen LogP contribution in [0.5, 0.6) is 0 Å². The largest absolute Gasteiger partial charge is 0.462 e. The van der Waals surface area contributed by atoms with Gasteiger partial charge in [-0.05, 0) is 43.3 Å². The summed E-state index contributed by atoms with van der Waals surface area (Å²) in [7, 11) is 0. The number of thiocarbonyl (C=S) groups is 1. The molecule has 2 rings (SSSR count). The van der Waals surface area contributed by atoms with E-state index in [2.05, 4.69) is 5.32 Å². The Bertz CT molecular complexity index is 601. The van der Waals surface area contributed by atoms with Gasteiger partial charge in [0.1, 0.15) is 17.1 Å². The maximum Gasteiger partial charge on any atom is 0.265 e. The van der Waals surface area contributed by atoms with E-state index in [4.69, 9.17) is 16.6 Å². The highest BCUT2D eigenvalue weighted by atomic mass is 32.1. The lowest BCUT2D eigenvalue weighted by atomic mass is 10.1. The summed E-state index contributed by atoms with van der Waals surface area (Å²) in [6.45, 7) is 6.22. The molecule has 1 aromatic heterocycles. The quantitative estimate of drug-likeness (QED) is 0.525. The van der Waals surface area contributed by atoms with Crippen LogP contribution < -0.4 is 5.32 Å². The van der Waals surface area contributed by atoms with Crippen molar-refractivity contribution in [2.75, 3.05) is 6.54 Å². The molecule has 1 aromatic rings. The first kappa shape index (κ1) is 14.5. The highest BCUT2D eigenvalue weighted by Crippen LogP contribution is 2.17. The molecule has 0 spiro atoms. The van der Waals surface area contributed by atoms with Crippen molar-refractivity contribution in [1.29, 1.82) is 0 Å². The van der Waals surface area contributed by atoms with Crippen LogP contribution in [0, 0.1) is 12.8 Å². The van der Waals surface area contributed by atoms with Crippen molar-refractivity contribution in [3.63, 3.8) is 0 Å². The van der Waals surface area contributed by atoms with Crippen LogP contribution in [0.15, 0.2) is 22.1 Å². The normalized spacial score (nSPS) is 18.1. The van der Waals surface area contributed by atoms with Gasteiger partial charge in [0.15, 0.2) is 5.11 Å². The van der Waals surface area contributed by atoms with Gasteiger partial charge in [-0.3, -0.25) is 19.8 Å². The van der Waals surface area contributed by atoms with Gasteiger partial charge < -0.3 is 4.42 Å². The van der Waals surface area contributed by atoms with Gasteiger partial charge >= 0.3 is 0 Å². The number of nitrogens with one attached hydrogen (secondary N) is 1. The number of hydrogen-bond donors (Lipinski definition) is 1. The van der Waals surface area contributed by atoms with Gasteiger partial charge in [-0.2, -0.15) is 0 Å². The van der Waals surface area contributed by atoms with E-state index in [-0.39, 0.29) is 22.5 Å². The third-order valence-electron chi connectivity index (χ3n) is 2.78. The fourth-order valence-electron chi connectivity index (χ4n) is 1.90. The topological polar surface area (TPSA) is 62.6 Å². The summed E-state index contributed by atoms with van der Waals surface area (Å²) in [6, 6.07) is 3.48. The molecule has 1 aliphatic rings. The number of aryl methyl sites for hydroxylation is 1. The Morgan fingerprint density at radius 2 is 2.10 bits per heavy atom. The Balaban J connectivity index is 2.32. The molecule has 1 fully saturated rings. The van der Waals surface area contributed by atoms with E-state index in [0.717, 1.165) is 5.76 Å². The van der Waals surface area contributed by atoms with Crippen LogP contribution in [-0.4, -0.2) is 28.4 Å². The molecule has 1 N–H and O–H groups in total. The predicted octanol–water partition coefficient (Wildman–Crippen LogP) is 1.87. The molecule has 0 unspecified atom stereocenters. The van der Waals surface area contributed by atoms with E-state index < -0.39 is 5.91 Å². The van der Waals surface area contributed by atoms with Gasteiger partial charge in [-0.1, -0.05) is 13.8 Å². The summed E-state index contributed by atoms with van der Waals surface area (Å²) in [5.41, 5.74) is 0.0357. The van der Waals surface area contributed by atoms with Crippen molar-refractivity contribution < 1.29 is 14.0 Å². The SMILES string of the molecule is Cc1ccc(/C=C2\C(=O)NC(=S)N(CC(C)C)C2=O)o1. The number of carbonyl (C=O) groups is 2. The summed E-state index contributed by atoms with van der Waals surface area (Å²) in [5.74, 6) is 0.558. The molecule has 106 valence electrons. The average Bonchev–Trinajstić information content (AvgIpc) is 2.75. The zero-order chi connectivity index (χ0) is 14.9. The van der Waals surface area contributed by atoms with Crippen molar-refractivity contribution in [2.45, 2.75) is 20.8 Å². The van der Waals surface area contributed by atoms with Crippen LogP contribution in [0.1, 0.15) is 25.4 Å². The van der Waals surface area contributed by atoms with E-state index in [1.165, 1.54) is 11.0 Å². The lowest BCUT2D eigenvalue weighted by Crippen LogP contribution is -2.54. The fraction of sp³-hybridized carbons (Fsp3) is 0.357. The van der Waals surface area contributed by atoms with Crippen LogP contribution in [0.3, 0.4) is 0 Å². The molecule has 6 heteroatoms. The Morgan fingerprint density at radius 3 is 2.65 bits per heavy atom. The van der Waals surface area contributed by atoms with Crippen LogP contribution in [0.4, 0.5) is 0 Å². The van der Waals surface area contributed by atoms with Crippen molar-refractivity contribution in [3.8, 4) is 0 Å². The van der Waals surface area contributed by atoms with Crippen LogP contribution >= 0.6 is 12.2 Å². The zero-order valence-corrected chi connectivity index (χ0v) is 12.4. The molecule has 2 heterocycles. The van der Waals surface area contributed by atoms with Crippen molar-refractivity contribution in [1.82, 2.24) is 10.2 Å². The number of furan rings is 1. The molecule has 0 aromatic carbocycles. The highest BCUT2D eigenvalue weighted by Gasteiger charge is 2.33. The Hall–Kier alpha value is -1.95. The first-order valence-electron chi connectivity index (χ1n) is 6.34. The molecule has 0 saturated carbocycles. The van der Waals surface area contributed by atoms with Crippen LogP contribution in [0.25, 0.3) is 6.08 Å². The van der Waals surface area contributed by atoms with Crippen molar-refractivity contribution >= 4 is 35.2 Å². The summed E-state index contributed by atoms with van der Waals surface area (Å²) < 4.78 is 5.37. The van der Waals surface area contributed by atoms with E-state index in [1.54, 1.807) is 19.1 Å². The van der Waals surface area contributed by atoms with Crippen molar-refractivity contribution in [3.05, 3.63) is 29.2 Å². The molecule has 0 radical (unpaired) electrons. The van der Waals surface area contributed by atoms with Gasteiger partial charge in [0, 0.05) is 6.54 Å². The second-order valence-electron chi connectivity index (χ2n) is 5.08. The van der Waals surface area contributed by atoms with Gasteiger partial charge in [-0.25, -0.2) is 0 Å². The molecular formula is C14H16N2O3S. The van der Waals surface area contributed by atoms with E-state index >= 15 is 0 Å². The maximum absolute atomic E-state index is 12.4. The Labute approximate surface area is 122 Å². The first-order chi connectivity index (χ1) is 9.38. The van der Waals surface area contributed by atoms with Crippen LogP contribution in [-0.2, 0) is 9.59 Å². The monoisotopic (exact) mass is 292 g/mol. The third kappa shape index (κ3) is 2.96. The lowest BCUT2D eigenvalue weighted by molar-refractivity contribution is -0.129. The standard InChI is InChI=1S/C14H16N2O3S/c1-8(2)7-16-13(18)11(12(17)15-14(16)20)6-10-5-4-9(3)19-10/h4-6,8H,7H2,1-3H3,(H,15,17,20)/b11-6+. The number of hydrogen-bond acceptors (Lipinski definition) is 4. The van der Waals surface area contributed by atoms with Gasteiger partial charge in [0.25, 0.3) is 11.8 Å². The van der Waals surface area contributed by atoms with E-state index in [1.807, 2.05) is 13.8 Å². The average molecular weight is 292 g/mol. The van der Waals surface area contributed by atoms with Gasteiger partial charge in [0.05, 0.1) is 0 Å². The molecular weight excluding hydrogens is 276 g/mol. The molecule has 0 bridgehead atoms. The minimum Gasteiger partial charge on any atom is -0.462 e.